The molecular weight excluding hydrogens is 341 g/mol. The Kier molecular flexibility index (Phi) is 38.6. The van der Waals surface area contributed by atoms with Gasteiger partial charge in [-0.3, -0.25) is 4.79 Å². The summed E-state index contributed by atoms with van der Waals surface area (Å²) < 4.78 is 0. The summed E-state index contributed by atoms with van der Waals surface area (Å²) in [4.78, 5) is 17.6. The average molecular weight is 351 g/mol. The zero-order chi connectivity index (χ0) is 7.15. The molecule has 0 unspecified atom stereocenters. The van der Waals surface area contributed by atoms with Gasteiger partial charge in [0, 0.05) is 6.92 Å². The van der Waals surface area contributed by atoms with Crippen LogP contribution in [0.25, 0.3) is 0 Å². The Bertz CT molecular complexity index is 74.9. The minimum atomic E-state index is -1.83. The van der Waals surface area contributed by atoms with Crippen LogP contribution in [0.5, 0.6) is 0 Å². The van der Waals surface area contributed by atoms with Crippen molar-refractivity contribution in [1.82, 2.24) is 0 Å². The topological polar surface area (TPSA) is 94.8 Å². The molecule has 5 nitrogen and oxygen atoms in total. The molecule has 10 heavy (non-hydrogen) atoms. The number of hydrogen-bond donors (Lipinski definition) is 3. The van der Waals surface area contributed by atoms with E-state index in [0.29, 0.717) is 0 Å². The normalized spacial score (nSPS) is 4.90. The molecule has 56 valence electrons. The molecule has 0 aromatic heterocycles. The Hall–Kier alpha value is 1.79. The number of carboxylic acids is 1. The second-order valence-corrected chi connectivity index (χ2v) is 0.802. The average Bonchev–Trinajstić information content (AvgIpc) is 1.25. The van der Waals surface area contributed by atoms with E-state index in [1.807, 2.05) is 0 Å². The van der Waals surface area contributed by atoms with E-state index in [1.165, 1.54) is 0 Å². The van der Waals surface area contributed by atoms with Gasteiger partial charge < -0.3 is 15.3 Å². The van der Waals surface area contributed by atoms with Gasteiger partial charge in [-0.1, -0.05) is 0 Å². The van der Waals surface area contributed by atoms with Crippen LogP contribution in [0, 0.1) is 0 Å². The number of carboxylic acid groups (broad SMARTS) is 3. The van der Waals surface area contributed by atoms with Crippen LogP contribution in [0.3, 0.4) is 0 Å². The number of carbonyl (C=O) groups is 2. The molecule has 0 saturated carbocycles. The third-order valence-corrected chi connectivity index (χ3v) is 0. The molecule has 0 spiro atoms. The van der Waals surface area contributed by atoms with Gasteiger partial charge in [0.15, 0.2) is 0 Å². The fourth-order valence-corrected chi connectivity index (χ4v) is 0. The van der Waals surface area contributed by atoms with Gasteiger partial charge in [0.25, 0.3) is 5.97 Å². The Labute approximate surface area is 135 Å². The van der Waals surface area contributed by atoms with E-state index in [1.54, 1.807) is 0 Å². The molecule has 0 aromatic rings. The van der Waals surface area contributed by atoms with Crippen LogP contribution >= 0.6 is 0 Å². The van der Waals surface area contributed by atoms with Gasteiger partial charge >= 0.3 is 101 Å². The molecule has 0 fully saturated rings. The van der Waals surface area contributed by atoms with E-state index in [4.69, 9.17) is 24.9 Å². The number of rotatable bonds is 0. The van der Waals surface area contributed by atoms with E-state index >= 15 is 0 Å². The van der Waals surface area contributed by atoms with Crippen LogP contribution in [-0.2, 0) is 4.79 Å². The second kappa shape index (κ2) is 17.0. The summed E-state index contributed by atoms with van der Waals surface area (Å²) in [6.07, 6.45) is -1.83. The second-order valence-electron chi connectivity index (χ2n) is 0.802. The van der Waals surface area contributed by atoms with Crippen molar-refractivity contribution in [2.45, 2.75) is 6.92 Å². The van der Waals surface area contributed by atoms with Crippen LogP contribution in [0.4, 0.5) is 4.79 Å². The molecule has 3 N–H and O–H groups in total. The maximum atomic E-state index is 9.00. The van der Waals surface area contributed by atoms with Crippen LogP contribution in [0.1, 0.15) is 6.92 Å². The van der Waals surface area contributed by atoms with Crippen molar-refractivity contribution < 1.29 is 24.9 Å². The monoisotopic (exact) mass is 352 g/mol. The van der Waals surface area contributed by atoms with Gasteiger partial charge in [-0.05, 0) is 0 Å². The molecule has 0 heterocycles. The fourth-order valence-electron chi connectivity index (χ4n) is 0. The predicted molar refractivity (Wildman–Crippen MR) is 41.1 cm³/mol. The fraction of sp³-hybridized carbons (Fsp3) is 0.333. The van der Waals surface area contributed by atoms with Gasteiger partial charge in [0.1, 0.15) is 0 Å². The predicted octanol–water partition coefficient (Wildman–Crippen LogP) is -1.52. The summed E-state index contributed by atoms with van der Waals surface area (Å²) >= 11 is 0. The maximum absolute atomic E-state index is 9.00. The van der Waals surface area contributed by atoms with Gasteiger partial charge in [-0.25, -0.2) is 4.79 Å². The van der Waals surface area contributed by atoms with Crippen molar-refractivity contribution in [3.63, 3.8) is 0 Å². The summed E-state index contributed by atoms with van der Waals surface area (Å²) in [6, 6.07) is 0. The van der Waals surface area contributed by atoms with Crippen molar-refractivity contribution in [2.24, 2.45) is 0 Å². The molecule has 0 aliphatic heterocycles. The third kappa shape index (κ3) is 236. The Morgan fingerprint density at radius 2 is 1.10 bits per heavy atom. The van der Waals surface area contributed by atoms with Crippen molar-refractivity contribution in [3.8, 4) is 0 Å². The summed E-state index contributed by atoms with van der Waals surface area (Å²) in [5, 5.41) is 21.4. The standard InChI is InChI=1S/C2H4O2.CH2O3.Ba.Sr.4H/c1-2(3)4;2-1(3)4;;;;;;/h1H3,(H,3,4);(H2,2,3,4);;;;;;. The van der Waals surface area contributed by atoms with E-state index in [-0.39, 0.29) is 94.4 Å². The zero-order valence-electron chi connectivity index (χ0n) is 4.16. The molecule has 0 rings (SSSR count). The Morgan fingerprint density at radius 3 is 1.10 bits per heavy atom. The molecule has 7 heteroatoms. The quantitative estimate of drug-likeness (QED) is 0.461. The molecule has 0 bridgehead atoms. The summed E-state index contributed by atoms with van der Waals surface area (Å²) in [6.45, 7) is 1.08. The Morgan fingerprint density at radius 1 is 1.10 bits per heavy atom. The summed E-state index contributed by atoms with van der Waals surface area (Å²) in [5.41, 5.74) is 0. The molecule has 0 aliphatic carbocycles. The van der Waals surface area contributed by atoms with E-state index < -0.39 is 12.1 Å². The molecule has 0 atom stereocenters. The van der Waals surface area contributed by atoms with Crippen LogP contribution in [0.2, 0.25) is 0 Å². The third-order valence-electron chi connectivity index (χ3n) is 0. The molecule has 0 saturated heterocycles. The van der Waals surface area contributed by atoms with E-state index in [0.717, 1.165) is 6.92 Å². The van der Waals surface area contributed by atoms with Crippen LogP contribution in [-0.4, -0.2) is 122 Å². The van der Waals surface area contributed by atoms with Gasteiger partial charge in [-0.15, -0.1) is 0 Å². The number of hydrogen-bond acceptors (Lipinski definition) is 2. The van der Waals surface area contributed by atoms with Gasteiger partial charge in [-0.2, -0.15) is 0 Å². The first-order chi connectivity index (χ1) is 3.46. The zero-order valence-corrected chi connectivity index (χ0v) is 4.16. The van der Waals surface area contributed by atoms with Gasteiger partial charge in [0.2, 0.25) is 0 Å². The number of aliphatic carboxylic acids is 1. The first-order valence-electron chi connectivity index (χ1n) is 1.58. The van der Waals surface area contributed by atoms with E-state index in [2.05, 4.69) is 0 Å². The molecule has 0 aromatic carbocycles. The van der Waals surface area contributed by atoms with Crippen molar-refractivity contribution in [2.75, 3.05) is 0 Å². The molecule has 0 aliphatic rings. The molecule has 0 amide bonds. The van der Waals surface area contributed by atoms with Crippen molar-refractivity contribution in [3.05, 3.63) is 0 Å². The van der Waals surface area contributed by atoms with Crippen molar-refractivity contribution >= 4 is 106 Å². The molecule has 0 radical (unpaired) electrons. The first kappa shape index (κ1) is 22.6. The summed E-state index contributed by atoms with van der Waals surface area (Å²) in [7, 11) is 0. The molecular formula is C3H10BaO5Sr. The van der Waals surface area contributed by atoms with Gasteiger partial charge in [0.05, 0.1) is 0 Å². The van der Waals surface area contributed by atoms with Crippen LogP contribution in [0.15, 0.2) is 0 Å². The SMILES string of the molecule is CC(=O)O.O=C(O)O.[BaH2].[SrH2]. The van der Waals surface area contributed by atoms with E-state index in [9.17, 15) is 0 Å². The van der Waals surface area contributed by atoms with Crippen molar-refractivity contribution in [1.29, 1.82) is 0 Å². The minimum absolute atomic E-state index is 0. The van der Waals surface area contributed by atoms with Crippen LogP contribution < -0.4 is 0 Å². The Balaban J connectivity index is -0.0000000300. The first-order valence-corrected chi connectivity index (χ1v) is 1.58. The summed E-state index contributed by atoms with van der Waals surface area (Å²) in [5.74, 6) is -0.833.